The highest BCUT2D eigenvalue weighted by Gasteiger charge is 2.39. The number of hydrogen-bond acceptors (Lipinski definition) is 3. The maximum absolute atomic E-state index is 12.7. The summed E-state index contributed by atoms with van der Waals surface area (Å²) in [6, 6.07) is 13.1. The van der Waals surface area contributed by atoms with Crippen molar-refractivity contribution in [3.63, 3.8) is 0 Å². The molecule has 1 aliphatic rings. The minimum atomic E-state index is -0.508. The highest BCUT2D eigenvalue weighted by molar-refractivity contribution is 6.23. The van der Waals surface area contributed by atoms with Crippen molar-refractivity contribution in [2.75, 3.05) is 10.2 Å². The monoisotopic (exact) mass is 322 g/mol. The van der Waals surface area contributed by atoms with Gasteiger partial charge in [-0.3, -0.25) is 9.59 Å². The van der Waals surface area contributed by atoms with E-state index in [1.807, 2.05) is 56.3 Å². The van der Waals surface area contributed by atoms with Crippen molar-refractivity contribution < 1.29 is 9.59 Å². The molecule has 3 rings (SSSR count). The lowest BCUT2D eigenvalue weighted by molar-refractivity contribution is -0.121. The van der Waals surface area contributed by atoms with Crippen LogP contribution >= 0.6 is 0 Å². The Bertz CT molecular complexity index is 781. The molecule has 2 amide bonds. The zero-order valence-corrected chi connectivity index (χ0v) is 14.3. The Kier molecular flexibility index (Phi) is 4.38. The third-order valence-electron chi connectivity index (χ3n) is 4.60. The fourth-order valence-corrected chi connectivity index (χ4v) is 2.92. The van der Waals surface area contributed by atoms with Gasteiger partial charge in [0.25, 0.3) is 5.91 Å². The van der Waals surface area contributed by atoms with E-state index < -0.39 is 6.04 Å². The summed E-state index contributed by atoms with van der Waals surface area (Å²) in [5.74, 6) is -0.353. The topological polar surface area (TPSA) is 49.4 Å². The van der Waals surface area contributed by atoms with Gasteiger partial charge in [-0.05, 0) is 61.2 Å². The summed E-state index contributed by atoms with van der Waals surface area (Å²) in [5.41, 5.74) is 4.97. The fraction of sp³-hybridized carbons (Fsp3) is 0.300. The number of carbonyl (C=O) groups excluding carboxylic acids is 2. The number of amides is 2. The lowest BCUT2D eigenvalue weighted by Gasteiger charge is -2.17. The van der Waals surface area contributed by atoms with Crippen molar-refractivity contribution in [3.05, 3.63) is 59.2 Å². The molecule has 0 aromatic heterocycles. The van der Waals surface area contributed by atoms with E-state index >= 15 is 0 Å². The van der Waals surface area contributed by atoms with Gasteiger partial charge < -0.3 is 5.32 Å². The highest BCUT2D eigenvalue weighted by atomic mass is 16.2. The third kappa shape index (κ3) is 3.04. The summed E-state index contributed by atoms with van der Waals surface area (Å²) < 4.78 is 0. The van der Waals surface area contributed by atoms with Gasteiger partial charge in [-0.25, -0.2) is 4.90 Å². The molecule has 24 heavy (non-hydrogen) atoms. The van der Waals surface area contributed by atoms with E-state index in [0.717, 1.165) is 23.2 Å². The Labute approximate surface area is 142 Å². The molecule has 1 unspecified atom stereocenters. The molecular weight excluding hydrogens is 300 g/mol. The van der Waals surface area contributed by atoms with Crippen molar-refractivity contribution >= 4 is 23.2 Å². The predicted molar refractivity (Wildman–Crippen MR) is 96.3 cm³/mol. The second-order valence-electron chi connectivity index (χ2n) is 6.29. The van der Waals surface area contributed by atoms with Crippen LogP contribution in [0.15, 0.2) is 42.5 Å². The Hall–Kier alpha value is -2.62. The van der Waals surface area contributed by atoms with E-state index in [1.54, 1.807) is 0 Å². The molecule has 0 saturated carbocycles. The van der Waals surface area contributed by atoms with E-state index in [9.17, 15) is 9.59 Å². The van der Waals surface area contributed by atoms with Crippen molar-refractivity contribution in [3.8, 4) is 0 Å². The molecule has 0 spiro atoms. The van der Waals surface area contributed by atoms with E-state index in [1.165, 1.54) is 10.5 Å². The number of benzene rings is 2. The SMILES string of the molecule is CCc1ccc(NC2CC(=O)N(c3ccc(C)c(C)c3)C2=O)cc1. The summed E-state index contributed by atoms with van der Waals surface area (Å²) in [7, 11) is 0. The highest BCUT2D eigenvalue weighted by Crippen LogP contribution is 2.26. The van der Waals surface area contributed by atoms with Crippen molar-refractivity contribution in [1.82, 2.24) is 0 Å². The molecule has 4 nitrogen and oxygen atoms in total. The van der Waals surface area contributed by atoms with Gasteiger partial charge >= 0.3 is 0 Å². The van der Waals surface area contributed by atoms with E-state index in [0.29, 0.717) is 5.69 Å². The Morgan fingerprint density at radius 3 is 2.38 bits per heavy atom. The summed E-state index contributed by atoms with van der Waals surface area (Å²) in [5, 5.41) is 3.19. The van der Waals surface area contributed by atoms with Gasteiger partial charge in [-0.2, -0.15) is 0 Å². The first kappa shape index (κ1) is 16.2. The number of aryl methyl sites for hydroxylation is 3. The second-order valence-corrected chi connectivity index (χ2v) is 6.29. The van der Waals surface area contributed by atoms with Gasteiger partial charge in [0.1, 0.15) is 6.04 Å². The molecule has 124 valence electrons. The number of imide groups is 1. The van der Waals surface area contributed by atoms with Crippen LogP contribution in [0.2, 0.25) is 0 Å². The fourth-order valence-electron chi connectivity index (χ4n) is 2.92. The minimum Gasteiger partial charge on any atom is -0.373 e. The van der Waals surface area contributed by atoms with Crippen LogP contribution in [0.4, 0.5) is 11.4 Å². The van der Waals surface area contributed by atoms with Crippen LogP contribution in [0.25, 0.3) is 0 Å². The standard InChI is InChI=1S/C20H22N2O2/c1-4-15-6-8-16(9-7-15)21-18-12-19(23)22(20(18)24)17-10-5-13(2)14(3)11-17/h5-11,18,21H,4,12H2,1-3H3. The number of hydrogen-bond donors (Lipinski definition) is 1. The minimum absolute atomic E-state index is 0.161. The molecule has 2 aromatic rings. The molecule has 1 atom stereocenters. The van der Waals surface area contributed by atoms with Crippen LogP contribution in [0.5, 0.6) is 0 Å². The Balaban J connectivity index is 1.79. The summed E-state index contributed by atoms with van der Waals surface area (Å²) in [4.78, 5) is 26.3. The molecule has 1 saturated heterocycles. The number of carbonyl (C=O) groups is 2. The van der Waals surface area contributed by atoms with Crippen molar-refractivity contribution in [2.45, 2.75) is 39.7 Å². The largest absolute Gasteiger partial charge is 0.373 e. The van der Waals surface area contributed by atoms with E-state index in [-0.39, 0.29) is 18.2 Å². The molecular formula is C20H22N2O2. The van der Waals surface area contributed by atoms with Gasteiger partial charge in [0.05, 0.1) is 12.1 Å². The van der Waals surface area contributed by atoms with E-state index in [2.05, 4.69) is 12.2 Å². The summed E-state index contributed by atoms with van der Waals surface area (Å²) in [6.45, 7) is 6.09. The Morgan fingerprint density at radius 1 is 1.04 bits per heavy atom. The molecule has 0 bridgehead atoms. The van der Waals surface area contributed by atoms with Gasteiger partial charge in [-0.1, -0.05) is 25.1 Å². The first-order valence-electron chi connectivity index (χ1n) is 8.29. The maximum atomic E-state index is 12.7. The second kappa shape index (κ2) is 6.48. The van der Waals surface area contributed by atoms with Crippen LogP contribution in [0.1, 0.15) is 30.0 Å². The van der Waals surface area contributed by atoms with Gasteiger partial charge in [0, 0.05) is 5.69 Å². The van der Waals surface area contributed by atoms with Gasteiger partial charge in [0.2, 0.25) is 5.91 Å². The molecule has 1 fully saturated rings. The van der Waals surface area contributed by atoms with Crippen molar-refractivity contribution in [1.29, 1.82) is 0 Å². The zero-order chi connectivity index (χ0) is 17.3. The first-order valence-corrected chi connectivity index (χ1v) is 8.29. The number of nitrogens with one attached hydrogen (secondary N) is 1. The van der Waals surface area contributed by atoms with Crippen LogP contribution in [0.3, 0.4) is 0 Å². The lowest BCUT2D eigenvalue weighted by atomic mass is 10.1. The number of nitrogens with zero attached hydrogens (tertiary/aromatic N) is 1. The smallest absolute Gasteiger partial charge is 0.256 e. The molecule has 0 aliphatic carbocycles. The molecule has 1 heterocycles. The first-order chi connectivity index (χ1) is 11.5. The van der Waals surface area contributed by atoms with Crippen molar-refractivity contribution in [2.24, 2.45) is 0 Å². The van der Waals surface area contributed by atoms with Crippen LogP contribution < -0.4 is 10.2 Å². The maximum Gasteiger partial charge on any atom is 0.256 e. The summed E-state index contributed by atoms with van der Waals surface area (Å²) >= 11 is 0. The predicted octanol–water partition coefficient (Wildman–Crippen LogP) is 3.61. The van der Waals surface area contributed by atoms with E-state index in [4.69, 9.17) is 0 Å². The van der Waals surface area contributed by atoms with Crippen LogP contribution in [0, 0.1) is 13.8 Å². The molecule has 0 radical (unpaired) electrons. The Morgan fingerprint density at radius 2 is 1.75 bits per heavy atom. The number of anilines is 2. The van der Waals surface area contributed by atoms with Crippen LogP contribution in [-0.2, 0) is 16.0 Å². The van der Waals surface area contributed by atoms with Gasteiger partial charge in [-0.15, -0.1) is 0 Å². The summed E-state index contributed by atoms with van der Waals surface area (Å²) in [6.07, 6.45) is 1.16. The average Bonchev–Trinajstić information content (AvgIpc) is 2.85. The molecule has 1 N–H and O–H groups in total. The van der Waals surface area contributed by atoms with Gasteiger partial charge in [0.15, 0.2) is 0 Å². The lowest BCUT2D eigenvalue weighted by Crippen LogP contribution is -2.34. The zero-order valence-electron chi connectivity index (χ0n) is 14.3. The normalized spacial score (nSPS) is 17.5. The molecule has 2 aromatic carbocycles. The number of rotatable bonds is 4. The third-order valence-corrected chi connectivity index (χ3v) is 4.60. The van der Waals surface area contributed by atoms with Crippen LogP contribution in [-0.4, -0.2) is 17.9 Å². The average molecular weight is 322 g/mol. The molecule has 1 aliphatic heterocycles. The quantitative estimate of drug-likeness (QED) is 0.875. The molecule has 4 heteroatoms.